The molecule has 126 valence electrons. The molecule has 0 radical (unpaired) electrons. The summed E-state index contributed by atoms with van der Waals surface area (Å²) in [5.41, 5.74) is 7.14. The third kappa shape index (κ3) is 5.38. The molecule has 0 unspecified atom stereocenters. The van der Waals surface area contributed by atoms with Crippen LogP contribution in [-0.2, 0) is 11.3 Å². The zero-order valence-electron chi connectivity index (χ0n) is 13.4. The lowest BCUT2D eigenvalue weighted by atomic mass is 10.0. The van der Waals surface area contributed by atoms with Gasteiger partial charge >= 0.3 is 6.03 Å². The lowest BCUT2D eigenvalue weighted by Crippen LogP contribution is -2.37. The van der Waals surface area contributed by atoms with Gasteiger partial charge in [0.15, 0.2) is 0 Å². The van der Waals surface area contributed by atoms with E-state index in [9.17, 15) is 9.59 Å². The molecule has 0 aliphatic heterocycles. The fourth-order valence-electron chi connectivity index (χ4n) is 2.39. The minimum atomic E-state index is -0.651. The second kappa shape index (κ2) is 8.49. The van der Waals surface area contributed by atoms with Gasteiger partial charge in [0.05, 0.1) is 12.5 Å². The average Bonchev–Trinajstić information content (AvgIpc) is 2.55. The molecule has 2 rings (SSSR count). The molecule has 2 aromatic rings. The summed E-state index contributed by atoms with van der Waals surface area (Å²) in [5.74, 6) is -0.0690. The molecule has 3 amide bonds. The number of halogens is 1. The van der Waals surface area contributed by atoms with Crippen LogP contribution in [0.3, 0.4) is 0 Å². The molecule has 0 aliphatic carbocycles. The van der Waals surface area contributed by atoms with Crippen LogP contribution in [0.5, 0.6) is 0 Å². The number of primary amides is 1. The predicted octanol–water partition coefficient (Wildman–Crippen LogP) is 3.21. The summed E-state index contributed by atoms with van der Waals surface area (Å²) in [5, 5.41) is 2.64. The number of benzene rings is 2. The second-order valence-electron chi connectivity index (χ2n) is 5.55. The van der Waals surface area contributed by atoms with Crippen molar-refractivity contribution in [2.45, 2.75) is 19.0 Å². The maximum absolute atomic E-state index is 12.5. The fourth-order valence-corrected chi connectivity index (χ4v) is 2.66. The van der Waals surface area contributed by atoms with Crippen LogP contribution in [0, 0.1) is 0 Å². The number of nitrogens with one attached hydrogen (secondary N) is 1. The van der Waals surface area contributed by atoms with E-state index in [0.717, 1.165) is 15.6 Å². The normalized spacial score (nSPS) is 11.6. The zero-order chi connectivity index (χ0) is 17.5. The summed E-state index contributed by atoms with van der Waals surface area (Å²) in [6, 6.07) is 16.1. The van der Waals surface area contributed by atoms with Gasteiger partial charge in [-0.3, -0.25) is 4.79 Å². The van der Waals surface area contributed by atoms with Crippen molar-refractivity contribution in [1.82, 2.24) is 10.2 Å². The Morgan fingerprint density at radius 2 is 1.75 bits per heavy atom. The first kappa shape index (κ1) is 18.0. The summed E-state index contributed by atoms with van der Waals surface area (Å²) in [6.07, 6.45) is 0.147. The molecule has 0 saturated carbocycles. The highest BCUT2D eigenvalue weighted by Gasteiger charge is 2.20. The van der Waals surface area contributed by atoms with Gasteiger partial charge < -0.3 is 16.0 Å². The van der Waals surface area contributed by atoms with Gasteiger partial charge in [-0.2, -0.15) is 0 Å². The second-order valence-corrected chi connectivity index (χ2v) is 6.47. The number of hydrogen-bond donors (Lipinski definition) is 2. The van der Waals surface area contributed by atoms with Crippen molar-refractivity contribution in [1.29, 1.82) is 0 Å². The highest BCUT2D eigenvalue weighted by Crippen LogP contribution is 2.21. The van der Waals surface area contributed by atoms with Crippen molar-refractivity contribution in [2.75, 3.05) is 7.05 Å². The topological polar surface area (TPSA) is 75.4 Å². The van der Waals surface area contributed by atoms with E-state index in [0.29, 0.717) is 6.54 Å². The van der Waals surface area contributed by atoms with E-state index in [1.54, 1.807) is 11.9 Å². The summed E-state index contributed by atoms with van der Waals surface area (Å²) < 4.78 is 0.927. The van der Waals surface area contributed by atoms with Crippen LogP contribution in [0.1, 0.15) is 23.6 Å². The van der Waals surface area contributed by atoms with E-state index in [2.05, 4.69) is 21.2 Å². The Kier molecular flexibility index (Phi) is 6.37. The van der Waals surface area contributed by atoms with Gasteiger partial charge in [0.25, 0.3) is 0 Å². The first-order valence-electron chi connectivity index (χ1n) is 7.55. The number of rotatable bonds is 6. The van der Waals surface area contributed by atoms with Gasteiger partial charge in [-0.05, 0) is 23.3 Å². The Morgan fingerprint density at radius 3 is 2.33 bits per heavy atom. The van der Waals surface area contributed by atoms with Crippen LogP contribution in [0.2, 0.25) is 0 Å². The van der Waals surface area contributed by atoms with Crippen molar-refractivity contribution < 1.29 is 9.59 Å². The predicted molar refractivity (Wildman–Crippen MR) is 97.1 cm³/mol. The molecule has 0 fully saturated rings. The van der Waals surface area contributed by atoms with E-state index in [4.69, 9.17) is 5.73 Å². The Hall–Kier alpha value is -2.34. The summed E-state index contributed by atoms with van der Waals surface area (Å²) in [7, 11) is 1.75. The molecule has 0 bridgehead atoms. The van der Waals surface area contributed by atoms with Crippen molar-refractivity contribution in [3.05, 3.63) is 70.2 Å². The van der Waals surface area contributed by atoms with Gasteiger partial charge in [-0.25, -0.2) is 4.79 Å². The number of nitrogens with zero attached hydrogens (tertiary/aromatic N) is 1. The number of urea groups is 1. The highest BCUT2D eigenvalue weighted by atomic mass is 79.9. The molecule has 0 aromatic heterocycles. The number of amides is 3. The molecule has 0 saturated heterocycles. The van der Waals surface area contributed by atoms with E-state index in [1.165, 1.54) is 0 Å². The molecule has 3 N–H and O–H groups in total. The molecular formula is C18H20BrN3O2. The van der Waals surface area contributed by atoms with Crippen molar-refractivity contribution >= 4 is 27.9 Å². The molecule has 6 heteroatoms. The summed E-state index contributed by atoms with van der Waals surface area (Å²) in [4.78, 5) is 25.4. The largest absolute Gasteiger partial charge is 0.352 e. The Bertz CT molecular complexity index is 689. The van der Waals surface area contributed by atoms with Gasteiger partial charge in [-0.1, -0.05) is 58.4 Å². The van der Waals surface area contributed by atoms with Gasteiger partial charge in [-0.15, -0.1) is 0 Å². The first-order valence-corrected chi connectivity index (χ1v) is 8.34. The van der Waals surface area contributed by atoms with Gasteiger partial charge in [0.1, 0.15) is 0 Å². The SMILES string of the molecule is CN(Cc1ccccc1)C(=O)C[C@H](NC(N)=O)c1ccc(Br)cc1. The fraction of sp³-hybridized carbons (Fsp3) is 0.222. The molecule has 0 spiro atoms. The van der Waals surface area contributed by atoms with Crippen LogP contribution in [0.25, 0.3) is 0 Å². The minimum Gasteiger partial charge on any atom is -0.352 e. The molecule has 5 nitrogen and oxygen atoms in total. The summed E-state index contributed by atoms with van der Waals surface area (Å²) >= 11 is 3.37. The van der Waals surface area contributed by atoms with E-state index in [-0.39, 0.29) is 12.3 Å². The molecule has 2 aromatic carbocycles. The molecular weight excluding hydrogens is 370 g/mol. The van der Waals surface area contributed by atoms with E-state index in [1.807, 2.05) is 54.6 Å². The minimum absolute atomic E-state index is 0.0690. The van der Waals surface area contributed by atoms with Gasteiger partial charge in [0, 0.05) is 18.1 Å². The standard InChI is InChI=1S/C18H20BrN3O2/c1-22(12-13-5-3-2-4-6-13)17(23)11-16(21-18(20)24)14-7-9-15(19)10-8-14/h2-10,16H,11-12H2,1H3,(H3,20,21,24)/t16-/m0/s1. The lowest BCUT2D eigenvalue weighted by molar-refractivity contribution is -0.130. The third-order valence-electron chi connectivity index (χ3n) is 3.66. The molecule has 0 aliphatic rings. The highest BCUT2D eigenvalue weighted by molar-refractivity contribution is 9.10. The first-order chi connectivity index (χ1) is 11.5. The zero-order valence-corrected chi connectivity index (χ0v) is 15.0. The van der Waals surface area contributed by atoms with Crippen LogP contribution in [0.4, 0.5) is 4.79 Å². The van der Waals surface area contributed by atoms with Crippen LogP contribution in [0.15, 0.2) is 59.1 Å². The van der Waals surface area contributed by atoms with Gasteiger partial charge in [0.2, 0.25) is 5.91 Å². The monoisotopic (exact) mass is 389 g/mol. The van der Waals surface area contributed by atoms with Crippen LogP contribution in [-0.4, -0.2) is 23.9 Å². The molecule has 1 atom stereocenters. The number of carbonyl (C=O) groups excluding carboxylic acids is 2. The van der Waals surface area contributed by atoms with Crippen LogP contribution < -0.4 is 11.1 Å². The molecule has 0 heterocycles. The third-order valence-corrected chi connectivity index (χ3v) is 4.18. The number of carbonyl (C=O) groups is 2. The lowest BCUT2D eigenvalue weighted by Gasteiger charge is -2.22. The van der Waals surface area contributed by atoms with Crippen molar-refractivity contribution in [3.8, 4) is 0 Å². The Labute approximate surface area is 150 Å². The smallest absolute Gasteiger partial charge is 0.312 e. The molecule has 24 heavy (non-hydrogen) atoms. The maximum atomic E-state index is 12.5. The van der Waals surface area contributed by atoms with Crippen molar-refractivity contribution in [3.63, 3.8) is 0 Å². The quantitative estimate of drug-likeness (QED) is 0.795. The average molecular weight is 390 g/mol. The Balaban J connectivity index is 2.06. The number of nitrogens with two attached hydrogens (primary N) is 1. The van der Waals surface area contributed by atoms with E-state index < -0.39 is 12.1 Å². The maximum Gasteiger partial charge on any atom is 0.312 e. The van der Waals surface area contributed by atoms with Crippen molar-refractivity contribution in [2.24, 2.45) is 5.73 Å². The van der Waals surface area contributed by atoms with Crippen LogP contribution >= 0.6 is 15.9 Å². The van der Waals surface area contributed by atoms with E-state index >= 15 is 0 Å². The Morgan fingerprint density at radius 1 is 1.12 bits per heavy atom. The number of hydrogen-bond acceptors (Lipinski definition) is 2. The summed E-state index contributed by atoms with van der Waals surface area (Å²) in [6.45, 7) is 0.517.